The van der Waals surface area contributed by atoms with E-state index in [1.54, 1.807) is 0 Å². The van der Waals surface area contributed by atoms with Gasteiger partial charge in [-0.1, -0.05) is 6.92 Å². The number of rotatable bonds is 5. The molecule has 3 heteroatoms. The maximum absolute atomic E-state index is 3.63. The standard InChI is InChI=1S/C16H31N3/c1-3-9-17-11-13-4-7-16(13)19-10-8-14-5-6-15(12-19)18(14)2/h13-17H,3-12H2,1-2H3. The molecule has 1 aliphatic carbocycles. The zero-order valence-electron chi connectivity index (χ0n) is 12.8. The van der Waals surface area contributed by atoms with E-state index in [4.69, 9.17) is 0 Å². The van der Waals surface area contributed by atoms with E-state index in [1.165, 1.54) is 64.7 Å². The predicted molar refractivity (Wildman–Crippen MR) is 80.4 cm³/mol. The van der Waals surface area contributed by atoms with Crippen LogP contribution in [0.4, 0.5) is 0 Å². The Kier molecular flexibility index (Phi) is 4.45. The third kappa shape index (κ3) is 2.84. The highest BCUT2D eigenvalue weighted by Crippen LogP contribution is 2.36. The van der Waals surface area contributed by atoms with Gasteiger partial charge in [0.25, 0.3) is 0 Å². The maximum Gasteiger partial charge on any atom is 0.0223 e. The van der Waals surface area contributed by atoms with Gasteiger partial charge < -0.3 is 5.32 Å². The summed E-state index contributed by atoms with van der Waals surface area (Å²) in [5, 5.41) is 3.63. The van der Waals surface area contributed by atoms with Crippen molar-refractivity contribution in [2.45, 2.75) is 63.6 Å². The number of likely N-dealkylation sites (tertiary alicyclic amines) is 1. The van der Waals surface area contributed by atoms with Crippen molar-refractivity contribution < 1.29 is 0 Å². The van der Waals surface area contributed by atoms with Gasteiger partial charge in [-0.2, -0.15) is 0 Å². The van der Waals surface area contributed by atoms with Crippen molar-refractivity contribution in [2.24, 2.45) is 5.92 Å². The smallest absolute Gasteiger partial charge is 0.0223 e. The Morgan fingerprint density at radius 3 is 2.63 bits per heavy atom. The van der Waals surface area contributed by atoms with Crippen molar-refractivity contribution in [1.82, 2.24) is 15.1 Å². The minimum Gasteiger partial charge on any atom is -0.316 e. The van der Waals surface area contributed by atoms with Crippen molar-refractivity contribution in [2.75, 3.05) is 33.2 Å². The van der Waals surface area contributed by atoms with Crippen molar-refractivity contribution in [3.63, 3.8) is 0 Å². The van der Waals surface area contributed by atoms with E-state index in [1.807, 2.05) is 0 Å². The van der Waals surface area contributed by atoms with Gasteiger partial charge in [0.2, 0.25) is 0 Å². The van der Waals surface area contributed by atoms with Gasteiger partial charge in [-0.15, -0.1) is 0 Å². The minimum atomic E-state index is 0.845. The number of nitrogens with zero attached hydrogens (tertiary/aromatic N) is 2. The van der Waals surface area contributed by atoms with Gasteiger partial charge >= 0.3 is 0 Å². The van der Waals surface area contributed by atoms with Crippen LogP contribution in [-0.2, 0) is 0 Å². The first-order valence-corrected chi connectivity index (χ1v) is 8.46. The van der Waals surface area contributed by atoms with Crippen LogP contribution in [0.2, 0.25) is 0 Å². The van der Waals surface area contributed by atoms with Crippen molar-refractivity contribution in [1.29, 1.82) is 0 Å². The van der Waals surface area contributed by atoms with Crippen LogP contribution in [-0.4, -0.2) is 61.2 Å². The number of hydrogen-bond donors (Lipinski definition) is 1. The van der Waals surface area contributed by atoms with Crippen LogP contribution in [0.5, 0.6) is 0 Å². The lowest BCUT2D eigenvalue weighted by Crippen LogP contribution is -2.52. The van der Waals surface area contributed by atoms with E-state index in [-0.39, 0.29) is 0 Å². The largest absolute Gasteiger partial charge is 0.316 e. The number of nitrogens with one attached hydrogen (secondary N) is 1. The van der Waals surface area contributed by atoms with Crippen molar-refractivity contribution in [3.8, 4) is 0 Å². The Hall–Kier alpha value is -0.120. The third-order valence-electron chi connectivity index (χ3n) is 5.86. The molecule has 2 saturated heterocycles. The predicted octanol–water partition coefficient (Wildman–Crippen LogP) is 1.93. The summed E-state index contributed by atoms with van der Waals surface area (Å²) in [5.41, 5.74) is 0. The van der Waals surface area contributed by atoms with E-state index in [0.29, 0.717) is 0 Å². The van der Waals surface area contributed by atoms with E-state index < -0.39 is 0 Å². The molecule has 0 amide bonds. The minimum absolute atomic E-state index is 0.845. The fraction of sp³-hybridized carbons (Fsp3) is 1.00. The second kappa shape index (κ2) is 6.11. The zero-order chi connectivity index (χ0) is 13.2. The van der Waals surface area contributed by atoms with E-state index in [9.17, 15) is 0 Å². The first kappa shape index (κ1) is 13.8. The summed E-state index contributed by atoms with van der Waals surface area (Å²) in [6.07, 6.45) is 8.43. The first-order chi connectivity index (χ1) is 9.29. The molecule has 2 heterocycles. The second-order valence-corrected chi connectivity index (χ2v) is 6.94. The summed E-state index contributed by atoms with van der Waals surface area (Å²) in [7, 11) is 2.35. The van der Waals surface area contributed by atoms with Crippen LogP contribution < -0.4 is 5.32 Å². The molecule has 0 radical (unpaired) electrons. The summed E-state index contributed by atoms with van der Waals surface area (Å²) in [4.78, 5) is 5.51. The zero-order valence-corrected chi connectivity index (χ0v) is 12.8. The molecule has 4 unspecified atom stereocenters. The van der Waals surface area contributed by atoms with Crippen LogP contribution in [0.3, 0.4) is 0 Å². The molecule has 4 atom stereocenters. The molecular formula is C16H31N3. The summed E-state index contributed by atoms with van der Waals surface area (Å²) in [6, 6.07) is 2.61. The maximum atomic E-state index is 3.63. The molecule has 19 heavy (non-hydrogen) atoms. The van der Waals surface area contributed by atoms with Gasteiger partial charge in [0.1, 0.15) is 0 Å². The molecule has 1 saturated carbocycles. The molecule has 0 aromatic carbocycles. The van der Waals surface area contributed by atoms with Crippen LogP contribution >= 0.6 is 0 Å². The molecule has 1 N–H and O–H groups in total. The molecule has 3 fully saturated rings. The Labute approximate surface area is 118 Å². The fourth-order valence-corrected chi connectivity index (χ4v) is 4.37. The summed E-state index contributed by atoms with van der Waals surface area (Å²) in [6.45, 7) is 7.38. The first-order valence-electron chi connectivity index (χ1n) is 8.46. The average Bonchev–Trinajstić information content (AvgIpc) is 2.61. The second-order valence-electron chi connectivity index (χ2n) is 6.94. The number of hydrogen-bond acceptors (Lipinski definition) is 3. The van der Waals surface area contributed by atoms with Crippen molar-refractivity contribution >= 4 is 0 Å². The molecule has 3 nitrogen and oxygen atoms in total. The molecule has 0 spiro atoms. The molecule has 2 bridgehead atoms. The Morgan fingerprint density at radius 2 is 1.89 bits per heavy atom. The third-order valence-corrected chi connectivity index (χ3v) is 5.86. The van der Waals surface area contributed by atoms with Crippen LogP contribution in [0.15, 0.2) is 0 Å². The quantitative estimate of drug-likeness (QED) is 0.766. The summed E-state index contributed by atoms with van der Waals surface area (Å²) >= 11 is 0. The topological polar surface area (TPSA) is 18.5 Å². The monoisotopic (exact) mass is 265 g/mol. The molecule has 2 aliphatic heterocycles. The van der Waals surface area contributed by atoms with Crippen LogP contribution in [0.25, 0.3) is 0 Å². The number of likely N-dealkylation sites (N-methyl/N-ethyl adjacent to an activating group) is 1. The van der Waals surface area contributed by atoms with Crippen molar-refractivity contribution in [3.05, 3.63) is 0 Å². The normalized spacial score (nSPS) is 40.1. The Morgan fingerprint density at radius 1 is 1.05 bits per heavy atom. The number of fused-ring (bicyclic) bond motifs is 2. The van der Waals surface area contributed by atoms with Crippen LogP contribution in [0.1, 0.15) is 45.4 Å². The van der Waals surface area contributed by atoms with Gasteiger partial charge in [0, 0.05) is 24.7 Å². The molecule has 0 aromatic rings. The lowest BCUT2D eigenvalue weighted by molar-refractivity contribution is 0.0547. The molecule has 0 aromatic heterocycles. The van der Waals surface area contributed by atoms with E-state index in [2.05, 4.69) is 29.1 Å². The van der Waals surface area contributed by atoms with Gasteiger partial charge in [0.05, 0.1) is 0 Å². The molecular weight excluding hydrogens is 234 g/mol. The van der Waals surface area contributed by atoms with Gasteiger partial charge in [0.15, 0.2) is 0 Å². The lowest BCUT2D eigenvalue weighted by Gasteiger charge is -2.45. The molecule has 3 rings (SSSR count). The van der Waals surface area contributed by atoms with E-state index in [0.717, 1.165) is 24.0 Å². The Balaban J connectivity index is 1.52. The highest BCUT2D eigenvalue weighted by Gasteiger charge is 2.41. The fourth-order valence-electron chi connectivity index (χ4n) is 4.37. The molecule has 110 valence electrons. The highest BCUT2D eigenvalue weighted by atomic mass is 15.3. The summed E-state index contributed by atoms with van der Waals surface area (Å²) in [5.74, 6) is 0.925. The van der Waals surface area contributed by atoms with E-state index >= 15 is 0 Å². The lowest BCUT2D eigenvalue weighted by atomic mass is 9.78. The Bertz CT molecular complexity index is 294. The molecule has 3 aliphatic rings. The van der Waals surface area contributed by atoms with Gasteiger partial charge in [-0.25, -0.2) is 0 Å². The SMILES string of the molecule is CCCNCC1CCC1N1CCC2CCC(C1)N2C. The average molecular weight is 265 g/mol. The van der Waals surface area contributed by atoms with Gasteiger partial charge in [-0.05, 0) is 71.1 Å². The summed E-state index contributed by atoms with van der Waals surface area (Å²) < 4.78 is 0. The van der Waals surface area contributed by atoms with Crippen LogP contribution in [0, 0.1) is 5.92 Å². The van der Waals surface area contributed by atoms with Gasteiger partial charge in [-0.3, -0.25) is 9.80 Å². The highest BCUT2D eigenvalue weighted by molar-refractivity contribution is 4.97.